The first-order chi connectivity index (χ1) is 8.45. The highest BCUT2D eigenvalue weighted by Gasteiger charge is 2.13. The summed E-state index contributed by atoms with van der Waals surface area (Å²) >= 11 is 3.27. The van der Waals surface area contributed by atoms with Gasteiger partial charge in [0, 0.05) is 11.9 Å². The van der Waals surface area contributed by atoms with Crippen LogP contribution in [0.25, 0.3) is 0 Å². The summed E-state index contributed by atoms with van der Waals surface area (Å²) in [5.74, 6) is 0. The Balaban J connectivity index is 2.59. The Morgan fingerprint density at radius 3 is 2.44 bits per heavy atom. The largest absolute Gasteiger partial charge is 0.448 e. The normalized spacial score (nSPS) is 11.2. The van der Waals surface area contributed by atoms with Gasteiger partial charge in [0.15, 0.2) is 0 Å². The van der Waals surface area contributed by atoms with Crippen molar-refractivity contribution < 1.29 is 17.9 Å². The molecule has 0 saturated heterocycles. The molecule has 0 aliphatic rings. The van der Waals surface area contributed by atoms with Crippen LogP contribution in [0.5, 0.6) is 0 Å². The number of rotatable bonds is 6. The predicted molar refractivity (Wildman–Crippen MR) is 69.8 cm³/mol. The third-order valence-electron chi connectivity index (χ3n) is 2.03. The molecule has 6 nitrogen and oxygen atoms in total. The van der Waals surface area contributed by atoms with E-state index in [4.69, 9.17) is 5.73 Å². The topological polar surface area (TPSA) is 98.5 Å². The maximum Gasteiger partial charge on any atom is 0.404 e. The lowest BCUT2D eigenvalue weighted by molar-refractivity contribution is 0.159. The highest BCUT2D eigenvalue weighted by Crippen LogP contribution is 2.12. The van der Waals surface area contributed by atoms with Crippen molar-refractivity contribution >= 4 is 32.0 Å². The van der Waals surface area contributed by atoms with Crippen molar-refractivity contribution in [2.75, 3.05) is 13.2 Å². The van der Waals surface area contributed by atoms with Crippen LogP contribution < -0.4 is 10.5 Å². The molecule has 0 spiro atoms. The Morgan fingerprint density at radius 2 is 1.94 bits per heavy atom. The van der Waals surface area contributed by atoms with E-state index in [9.17, 15) is 13.2 Å². The lowest BCUT2D eigenvalue weighted by Crippen LogP contribution is -2.29. The number of nitrogens with one attached hydrogen (secondary N) is 1. The van der Waals surface area contributed by atoms with Crippen molar-refractivity contribution in [1.29, 1.82) is 0 Å². The van der Waals surface area contributed by atoms with Gasteiger partial charge in [0.1, 0.15) is 6.61 Å². The van der Waals surface area contributed by atoms with Gasteiger partial charge in [0.05, 0.1) is 4.90 Å². The zero-order valence-corrected chi connectivity index (χ0v) is 11.8. The summed E-state index contributed by atoms with van der Waals surface area (Å²) < 4.78 is 30.3. The van der Waals surface area contributed by atoms with E-state index in [1.807, 2.05) is 0 Å². The van der Waals surface area contributed by atoms with Gasteiger partial charge < -0.3 is 10.5 Å². The highest BCUT2D eigenvalue weighted by molar-refractivity contribution is 9.08. The number of hydrogen-bond acceptors (Lipinski definition) is 4. The van der Waals surface area contributed by atoms with Gasteiger partial charge in [-0.1, -0.05) is 28.1 Å². The Kier molecular flexibility index (Phi) is 5.57. The fourth-order valence-corrected chi connectivity index (χ4v) is 2.56. The molecule has 0 aromatic heterocycles. The third-order valence-corrected chi connectivity index (χ3v) is 4.15. The quantitative estimate of drug-likeness (QED) is 0.596. The molecule has 0 atom stereocenters. The number of ether oxygens (including phenoxy) is 1. The lowest BCUT2D eigenvalue weighted by Gasteiger charge is -2.07. The van der Waals surface area contributed by atoms with Gasteiger partial charge in [-0.15, -0.1) is 0 Å². The number of benzene rings is 1. The summed E-state index contributed by atoms with van der Waals surface area (Å²) in [6, 6.07) is 6.44. The molecule has 0 fully saturated rings. The first-order valence-electron chi connectivity index (χ1n) is 5.02. The molecular weight excluding hydrogens is 324 g/mol. The molecule has 0 aliphatic heterocycles. The summed E-state index contributed by atoms with van der Waals surface area (Å²) in [4.78, 5) is 10.4. The average Bonchev–Trinajstić information content (AvgIpc) is 2.34. The van der Waals surface area contributed by atoms with Crippen LogP contribution in [-0.2, 0) is 20.1 Å². The molecule has 0 unspecified atom stereocenters. The van der Waals surface area contributed by atoms with Crippen molar-refractivity contribution in [3.05, 3.63) is 29.8 Å². The van der Waals surface area contributed by atoms with Crippen LogP contribution in [0.4, 0.5) is 4.79 Å². The van der Waals surface area contributed by atoms with Crippen LogP contribution in [0.15, 0.2) is 29.2 Å². The molecule has 1 aromatic carbocycles. The number of sulfonamides is 1. The molecule has 0 bridgehead atoms. The average molecular weight is 337 g/mol. The summed E-state index contributed by atoms with van der Waals surface area (Å²) in [5.41, 5.74) is 5.72. The molecule has 3 N–H and O–H groups in total. The second-order valence-corrected chi connectivity index (χ2v) is 5.67. The Morgan fingerprint density at radius 1 is 1.33 bits per heavy atom. The fraction of sp³-hybridized carbons (Fsp3) is 0.300. The Hall–Kier alpha value is -1.12. The van der Waals surface area contributed by atoms with Gasteiger partial charge in [-0.05, 0) is 17.7 Å². The standard InChI is InChI=1S/C10H13BrN2O4S/c11-7-8-1-3-9(4-2-8)18(15,16)13-5-6-17-10(12)14/h1-4,13H,5-7H2,(H2,12,14). The van der Waals surface area contributed by atoms with E-state index in [0.29, 0.717) is 5.33 Å². The van der Waals surface area contributed by atoms with Crippen molar-refractivity contribution in [2.24, 2.45) is 5.73 Å². The number of carbonyl (C=O) groups excluding carboxylic acids is 1. The summed E-state index contributed by atoms with van der Waals surface area (Å²) in [6.45, 7) is -0.125. The number of hydrogen-bond donors (Lipinski definition) is 2. The predicted octanol–water partition coefficient (Wildman–Crippen LogP) is 0.955. The zero-order valence-electron chi connectivity index (χ0n) is 9.43. The molecule has 1 amide bonds. The molecule has 1 rings (SSSR count). The van der Waals surface area contributed by atoms with Crippen molar-refractivity contribution in [1.82, 2.24) is 4.72 Å². The van der Waals surface area contributed by atoms with Gasteiger partial charge in [-0.2, -0.15) is 0 Å². The van der Waals surface area contributed by atoms with Crippen molar-refractivity contribution in [3.8, 4) is 0 Å². The van der Waals surface area contributed by atoms with Gasteiger partial charge in [-0.3, -0.25) is 0 Å². The first-order valence-corrected chi connectivity index (χ1v) is 7.63. The van der Waals surface area contributed by atoms with Crippen LogP contribution in [0.1, 0.15) is 5.56 Å². The fourth-order valence-electron chi connectivity index (χ4n) is 1.17. The SMILES string of the molecule is NC(=O)OCCNS(=O)(=O)c1ccc(CBr)cc1. The number of alkyl halides is 1. The monoisotopic (exact) mass is 336 g/mol. The molecule has 8 heteroatoms. The molecule has 0 saturated carbocycles. The number of carbonyl (C=O) groups is 1. The van der Waals surface area contributed by atoms with E-state index in [-0.39, 0.29) is 18.0 Å². The maximum atomic E-state index is 11.8. The lowest BCUT2D eigenvalue weighted by atomic mass is 10.2. The minimum Gasteiger partial charge on any atom is -0.448 e. The van der Waals surface area contributed by atoms with Gasteiger partial charge in [-0.25, -0.2) is 17.9 Å². The van der Waals surface area contributed by atoms with E-state index in [1.165, 1.54) is 12.1 Å². The van der Waals surface area contributed by atoms with Gasteiger partial charge >= 0.3 is 6.09 Å². The maximum absolute atomic E-state index is 11.8. The second-order valence-electron chi connectivity index (χ2n) is 3.34. The molecule has 0 aliphatic carbocycles. The number of halogens is 1. The molecular formula is C10H13BrN2O4S. The zero-order chi connectivity index (χ0) is 13.6. The minimum absolute atomic E-state index is 0.0224. The van der Waals surface area contributed by atoms with Crippen molar-refractivity contribution in [2.45, 2.75) is 10.2 Å². The molecule has 0 radical (unpaired) electrons. The summed E-state index contributed by atoms with van der Waals surface area (Å²) in [7, 11) is -3.58. The molecule has 1 aromatic rings. The summed E-state index contributed by atoms with van der Waals surface area (Å²) in [6.07, 6.45) is -0.934. The Labute approximate surface area is 114 Å². The van der Waals surface area contributed by atoms with E-state index < -0.39 is 16.1 Å². The summed E-state index contributed by atoms with van der Waals surface area (Å²) in [5, 5.41) is 0.660. The number of amides is 1. The van der Waals surface area contributed by atoms with Crippen LogP contribution in [-0.4, -0.2) is 27.7 Å². The van der Waals surface area contributed by atoms with E-state index in [1.54, 1.807) is 12.1 Å². The minimum atomic E-state index is -3.58. The van der Waals surface area contributed by atoms with Crippen LogP contribution in [0.2, 0.25) is 0 Å². The van der Waals surface area contributed by atoms with E-state index >= 15 is 0 Å². The van der Waals surface area contributed by atoms with Gasteiger partial charge in [0.2, 0.25) is 10.0 Å². The third kappa shape index (κ3) is 4.63. The molecule has 0 heterocycles. The number of nitrogens with two attached hydrogens (primary N) is 1. The number of primary amides is 1. The molecule has 18 heavy (non-hydrogen) atoms. The highest BCUT2D eigenvalue weighted by atomic mass is 79.9. The first kappa shape index (κ1) is 14.9. The van der Waals surface area contributed by atoms with E-state index in [0.717, 1.165) is 5.56 Å². The molecule has 100 valence electrons. The smallest absolute Gasteiger partial charge is 0.404 e. The van der Waals surface area contributed by atoms with Crippen molar-refractivity contribution in [3.63, 3.8) is 0 Å². The second kappa shape index (κ2) is 6.72. The van der Waals surface area contributed by atoms with E-state index in [2.05, 4.69) is 25.4 Å². The Bertz CT molecular complexity index is 501. The van der Waals surface area contributed by atoms with Gasteiger partial charge in [0.25, 0.3) is 0 Å². The van der Waals surface area contributed by atoms with Crippen LogP contribution >= 0.6 is 15.9 Å². The van der Waals surface area contributed by atoms with Crippen LogP contribution in [0, 0.1) is 0 Å². The van der Waals surface area contributed by atoms with Crippen LogP contribution in [0.3, 0.4) is 0 Å².